The first-order valence-electron chi connectivity index (χ1n) is 6.11. The Morgan fingerprint density at radius 2 is 1.95 bits per heavy atom. The molecule has 0 spiro atoms. The molecule has 3 aromatic rings. The zero-order valence-electron chi connectivity index (χ0n) is 10.5. The van der Waals surface area contributed by atoms with Gasteiger partial charge in [-0.05, 0) is 42.8 Å². The molecule has 1 aromatic heterocycles. The van der Waals surface area contributed by atoms with Crippen molar-refractivity contribution >= 4 is 27.2 Å². The van der Waals surface area contributed by atoms with Crippen LogP contribution in [0, 0.1) is 0 Å². The number of hydrogen-bond donors (Lipinski definition) is 2. The first-order chi connectivity index (χ1) is 9.22. The Morgan fingerprint density at radius 1 is 1.16 bits per heavy atom. The highest BCUT2D eigenvalue weighted by Gasteiger charge is 2.06. The van der Waals surface area contributed by atoms with Crippen molar-refractivity contribution in [1.82, 2.24) is 4.98 Å². The Bertz CT molecular complexity index is 691. The molecule has 1 heterocycles. The summed E-state index contributed by atoms with van der Waals surface area (Å²) in [5, 5.41) is 12.8. The van der Waals surface area contributed by atoms with Crippen molar-refractivity contribution in [3.05, 3.63) is 53.5 Å². The maximum absolute atomic E-state index is 9.30. The van der Waals surface area contributed by atoms with Gasteiger partial charge < -0.3 is 10.4 Å². The van der Waals surface area contributed by atoms with Gasteiger partial charge in [-0.1, -0.05) is 12.1 Å². The Balaban J connectivity index is 1.81. The van der Waals surface area contributed by atoms with E-state index in [1.54, 1.807) is 23.5 Å². The Labute approximate surface area is 115 Å². The summed E-state index contributed by atoms with van der Waals surface area (Å²) in [6.45, 7) is 2.10. The molecule has 0 aliphatic carbocycles. The van der Waals surface area contributed by atoms with E-state index in [1.807, 2.05) is 29.8 Å². The van der Waals surface area contributed by atoms with E-state index >= 15 is 0 Å². The summed E-state index contributed by atoms with van der Waals surface area (Å²) in [4.78, 5) is 4.27. The third kappa shape index (κ3) is 2.53. The molecule has 0 aliphatic heterocycles. The average molecular weight is 270 g/mol. The fourth-order valence-corrected chi connectivity index (χ4v) is 2.76. The van der Waals surface area contributed by atoms with E-state index in [2.05, 4.69) is 23.3 Å². The molecule has 0 aliphatic rings. The van der Waals surface area contributed by atoms with Crippen LogP contribution in [0.4, 0.5) is 5.69 Å². The van der Waals surface area contributed by atoms with E-state index in [0.717, 1.165) is 16.8 Å². The number of hydrogen-bond acceptors (Lipinski definition) is 4. The first kappa shape index (κ1) is 12.0. The summed E-state index contributed by atoms with van der Waals surface area (Å²) in [6.07, 6.45) is 0. The third-order valence-corrected chi connectivity index (χ3v) is 3.90. The number of nitrogens with zero attached hydrogens (tertiary/aromatic N) is 1. The van der Waals surface area contributed by atoms with Gasteiger partial charge in [-0.2, -0.15) is 0 Å². The van der Waals surface area contributed by atoms with Gasteiger partial charge in [0.05, 0.1) is 15.7 Å². The molecule has 2 N–H and O–H groups in total. The van der Waals surface area contributed by atoms with Gasteiger partial charge in [0.25, 0.3) is 0 Å². The smallest absolute Gasteiger partial charge is 0.115 e. The lowest BCUT2D eigenvalue weighted by atomic mass is 10.1. The second-order valence-electron chi connectivity index (χ2n) is 4.49. The number of phenols is 1. The molecule has 1 atom stereocenters. The SMILES string of the molecule is CC(Nc1ccc2ncsc2c1)c1ccc(O)cc1. The summed E-state index contributed by atoms with van der Waals surface area (Å²) >= 11 is 1.64. The number of fused-ring (bicyclic) bond motifs is 1. The van der Waals surface area contributed by atoms with Crippen molar-refractivity contribution in [2.24, 2.45) is 0 Å². The van der Waals surface area contributed by atoms with Crippen LogP contribution >= 0.6 is 11.3 Å². The first-order valence-corrected chi connectivity index (χ1v) is 6.99. The van der Waals surface area contributed by atoms with Crippen LogP contribution in [0.15, 0.2) is 48.0 Å². The zero-order chi connectivity index (χ0) is 13.2. The van der Waals surface area contributed by atoms with Crippen molar-refractivity contribution in [2.75, 3.05) is 5.32 Å². The maximum Gasteiger partial charge on any atom is 0.115 e. The van der Waals surface area contributed by atoms with Crippen molar-refractivity contribution in [3.8, 4) is 5.75 Å². The van der Waals surface area contributed by atoms with Crippen LogP contribution in [0.2, 0.25) is 0 Å². The van der Waals surface area contributed by atoms with Gasteiger partial charge in [0.2, 0.25) is 0 Å². The molecule has 1 unspecified atom stereocenters. The van der Waals surface area contributed by atoms with Gasteiger partial charge in [0.15, 0.2) is 0 Å². The monoisotopic (exact) mass is 270 g/mol. The molecule has 96 valence electrons. The minimum Gasteiger partial charge on any atom is -0.508 e. The second kappa shape index (κ2) is 4.90. The van der Waals surface area contributed by atoms with Crippen LogP contribution in [-0.2, 0) is 0 Å². The Morgan fingerprint density at radius 3 is 2.74 bits per heavy atom. The minimum absolute atomic E-state index is 0.186. The standard InChI is InChI=1S/C15H14N2OS/c1-10(11-2-5-13(18)6-3-11)17-12-4-7-14-15(8-12)19-9-16-14/h2-10,17-18H,1H3. The van der Waals surface area contributed by atoms with E-state index in [1.165, 1.54) is 4.70 Å². The van der Waals surface area contributed by atoms with Gasteiger partial charge in [-0.25, -0.2) is 4.98 Å². The van der Waals surface area contributed by atoms with E-state index in [4.69, 9.17) is 0 Å². The van der Waals surface area contributed by atoms with Crippen molar-refractivity contribution in [1.29, 1.82) is 0 Å². The van der Waals surface area contributed by atoms with Crippen LogP contribution in [0.5, 0.6) is 5.75 Å². The number of thiazole rings is 1. The van der Waals surface area contributed by atoms with Crippen LogP contribution in [0.25, 0.3) is 10.2 Å². The lowest BCUT2D eigenvalue weighted by molar-refractivity contribution is 0.475. The topological polar surface area (TPSA) is 45.2 Å². The van der Waals surface area contributed by atoms with Crippen LogP contribution in [0.3, 0.4) is 0 Å². The van der Waals surface area contributed by atoms with E-state index in [9.17, 15) is 5.11 Å². The lowest BCUT2D eigenvalue weighted by Crippen LogP contribution is -2.06. The molecule has 0 saturated carbocycles. The number of benzene rings is 2. The van der Waals surface area contributed by atoms with Gasteiger partial charge in [-0.3, -0.25) is 0 Å². The van der Waals surface area contributed by atoms with E-state index in [0.29, 0.717) is 5.75 Å². The van der Waals surface area contributed by atoms with Crippen molar-refractivity contribution in [2.45, 2.75) is 13.0 Å². The number of anilines is 1. The highest BCUT2D eigenvalue weighted by atomic mass is 32.1. The van der Waals surface area contributed by atoms with Crippen LogP contribution < -0.4 is 5.32 Å². The second-order valence-corrected chi connectivity index (χ2v) is 5.38. The molecule has 0 amide bonds. The Hall–Kier alpha value is -2.07. The van der Waals surface area contributed by atoms with Crippen molar-refractivity contribution in [3.63, 3.8) is 0 Å². The number of phenolic OH excluding ortho intramolecular Hbond substituents is 1. The predicted molar refractivity (Wildman–Crippen MR) is 79.8 cm³/mol. The molecular weight excluding hydrogens is 256 g/mol. The summed E-state index contributed by atoms with van der Waals surface area (Å²) in [5.41, 5.74) is 5.12. The van der Waals surface area contributed by atoms with Gasteiger partial charge >= 0.3 is 0 Å². The summed E-state index contributed by atoms with van der Waals surface area (Å²) < 4.78 is 1.18. The fraction of sp³-hybridized carbons (Fsp3) is 0.133. The maximum atomic E-state index is 9.30. The predicted octanol–water partition coefficient (Wildman–Crippen LogP) is 4.18. The molecule has 0 fully saturated rings. The highest BCUT2D eigenvalue weighted by molar-refractivity contribution is 7.16. The van der Waals surface area contributed by atoms with Crippen LogP contribution in [0.1, 0.15) is 18.5 Å². The van der Waals surface area contributed by atoms with E-state index < -0.39 is 0 Å². The fourth-order valence-electron chi connectivity index (χ4n) is 2.04. The van der Waals surface area contributed by atoms with E-state index in [-0.39, 0.29) is 6.04 Å². The molecule has 0 bridgehead atoms. The number of aromatic hydroxyl groups is 1. The van der Waals surface area contributed by atoms with Gasteiger partial charge in [0, 0.05) is 11.7 Å². The summed E-state index contributed by atoms with van der Waals surface area (Å²) in [7, 11) is 0. The molecule has 3 nitrogen and oxygen atoms in total. The normalized spacial score (nSPS) is 12.5. The lowest BCUT2D eigenvalue weighted by Gasteiger charge is -2.15. The number of nitrogens with one attached hydrogen (secondary N) is 1. The highest BCUT2D eigenvalue weighted by Crippen LogP contribution is 2.25. The zero-order valence-corrected chi connectivity index (χ0v) is 11.3. The number of aromatic nitrogens is 1. The molecule has 0 radical (unpaired) electrons. The third-order valence-electron chi connectivity index (χ3n) is 3.11. The average Bonchev–Trinajstić information content (AvgIpc) is 2.87. The molecule has 19 heavy (non-hydrogen) atoms. The van der Waals surface area contributed by atoms with Gasteiger partial charge in [0.1, 0.15) is 5.75 Å². The molecular formula is C15H14N2OS. The minimum atomic E-state index is 0.186. The summed E-state index contributed by atoms with van der Waals surface area (Å²) in [6, 6.07) is 13.6. The molecule has 2 aromatic carbocycles. The Kier molecular flexibility index (Phi) is 3.09. The molecule has 3 rings (SSSR count). The number of rotatable bonds is 3. The summed E-state index contributed by atoms with van der Waals surface area (Å²) in [5.74, 6) is 0.294. The quantitative estimate of drug-likeness (QED) is 0.750. The largest absolute Gasteiger partial charge is 0.508 e. The molecule has 0 saturated heterocycles. The van der Waals surface area contributed by atoms with Gasteiger partial charge in [-0.15, -0.1) is 11.3 Å². The molecule has 4 heteroatoms. The van der Waals surface area contributed by atoms with Crippen LogP contribution in [-0.4, -0.2) is 10.1 Å². The van der Waals surface area contributed by atoms with Crippen molar-refractivity contribution < 1.29 is 5.11 Å².